The molecule has 0 saturated carbocycles. The highest BCUT2D eigenvalue weighted by atomic mass is 16.5. The number of aryl methyl sites for hydroxylation is 1. The number of phenols is 1. The molecule has 3 heteroatoms. The van der Waals surface area contributed by atoms with E-state index in [4.69, 9.17) is 9.73 Å². The fourth-order valence-corrected chi connectivity index (χ4v) is 4.21. The first kappa shape index (κ1) is 22.3. The summed E-state index contributed by atoms with van der Waals surface area (Å²) in [4.78, 5) is 4.79. The zero-order chi connectivity index (χ0) is 23.4. The Bertz CT molecular complexity index is 1290. The third kappa shape index (κ3) is 4.54. The van der Waals surface area contributed by atoms with E-state index in [0.29, 0.717) is 5.56 Å². The number of methoxy groups -OCH3 is 1. The van der Waals surface area contributed by atoms with Crippen LogP contribution in [0.25, 0.3) is 11.1 Å². The number of hydrogen-bond donors (Lipinski definition) is 1. The van der Waals surface area contributed by atoms with Crippen molar-refractivity contribution in [3.05, 3.63) is 113 Å². The summed E-state index contributed by atoms with van der Waals surface area (Å²) in [6.45, 7) is 6.31. The van der Waals surface area contributed by atoms with E-state index in [2.05, 4.69) is 32.0 Å². The number of benzene rings is 4. The van der Waals surface area contributed by atoms with Crippen LogP contribution in [0.15, 0.2) is 96.0 Å². The van der Waals surface area contributed by atoms with E-state index in [9.17, 15) is 5.11 Å². The molecule has 0 amide bonds. The van der Waals surface area contributed by atoms with E-state index in [-0.39, 0.29) is 11.2 Å². The van der Waals surface area contributed by atoms with Crippen LogP contribution in [0.4, 0.5) is 5.69 Å². The zero-order valence-electron chi connectivity index (χ0n) is 19.5. The second kappa shape index (κ2) is 9.33. The molecule has 0 saturated heterocycles. The molecule has 33 heavy (non-hydrogen) atoms. The molecule has 166 valence electrons. The van der Waals surface area contributed by atoms with E-state index >= 15 is 0 Å². The maximum atomic E-state index is 11.2. The van der Waals surface area contributed by atoms with Gasteiger partial charge in [0.05, 0.1) is 12.8 Å². The average molecular weight is 436 g/mol. The van der Waals surface area contributed by atoms with Crippen LogP contribution in [-0.4, -0.2) is 18.4 Å². The number of rotatable bonds is 6. The second-order valence-corrected chi connectivity index (χ2v) is 8.72. The van der Waals surface area contributed by atoms with Gasteiger partial charge in [-0.1, -0.05) is 86.6 Å². The zero-order valence-corrected chi connectivity index (χ0v) is 19.5. The number of phenolic OH excluding ortho intramolecular Hbond substituents is 1. The number of hydrogen-bond acceptors (Lipinski definition) is 3. The lowest BCUT2D eigenvalue weighted by Gasteiger charge is -2.28. The van der Waals surface area contributed by atoms with Crippen LogP contribution in [0.3, 0.4) is 0 Å². The van der Waals surface area contributed by atoms with E-state index in [1.165, 1.54) is 0 Å². The van der Waals surface area contributed by atoms with Gasteiger partial charge in [0, 0.05) is 33.9 Å². The van der Waals surface area contributed by atoms with Crippen LogP contribution < -0.4 is 4.74 Å². The topological polar surface area (TPSA) is 41.8 Å². The molecule has 0 spiro atoms. The minimum absolute atomic E-state index is 0.257. The van der Waals surface area contributed by atoms with Gasteiger partial charge >= 0.3 is 0 Å². The first-order valence-corrected chi connectivity index (χ1v) is 11.1. The average Bonchev–Trinajstić information content (AvgIpc) is 2.85. The van der Waals surface area contributed by atoms with Gasteiger partial charge in [0.25, 0.3) is 0 Å². The molecule has 1 N–H and O–H groups in total. The van der Waals surface area contributed by atoms with Crippen LogP contribution in [0, 0.1) is 6.92 Å². The van der Waals surface area contributed by atoms with Crippen molar-refractivity contribution >= 4 is 11.9 Å². The predicted octanol–water partition coefficient (Wildman–Crippen LogP) is 7.45. The van der Waals surface area contributed by atoms with Gasteiger partial charge in [-0.3, -0.25) is 4.99 Å². The Morgan fingerprint density at radius 1 is 0.818 bits per heavy atom. The van der Waals surface area contributed by atoms with Gasteiger partial charge in [-0.25, -0.2) is 0 Å². The molecule has 0 bridgehead atoms. The summed E-state index contributed by atoms with van der Waals surface area (Å²) in [5.74, 6) is 1.05. The van der Waals surface area contributed by atoms with Crippen LogP contribution in [-0.2, 0) is 5.41 Å². The Labute approximate surface area is 196 Å². The molecule has 0 aliphatic carbocycles. The monoisotopic (exact) mass is 435 g/mol. The summed E-state index contributed by atoms with van der Waals surface area (Å²) >= 11 is 0. The first-order chi connectivity index (χ1) is 15.9. The summed E-state index contributed by atoms with van der Waals surface area (Å²) < 4.78 is 5.56. The third-order valence-electron chi connectivity index (χ3n) is 6.10. The van der Waals surface area contributed by atoms with Crippen molar-refractivity contribution in [1.29, 1.82) is 0 Å². The highest BCUT2D eigenvalue weighted by Gasteiger charge is 2.27. The van der Waals surface area contributed by atoms with Crippen LogP contribution in [0.1, 0.15) is 36.1 Å². The Morgan fingerprint density at radius 2 is 1.45 bits per heavy atom. The lowest BCUT2D eigenvalue weighted by molar-refractivity contribution is 0.416. The van der Waals surface area contributed by atoms with Gasteiger partial charge in [-0.2, -0.15) is 0 Å². The number of aliphatic imine (C=N–C) groups is 1. The van der Waals surface area contributed by atoms with Crippen LogP contribution in [0.5, 0.6) is 11.5 Å². The number of aromatic hydroxyl groups is 1. The molecule has 0 heterocycles. The Kier molecular flexibility index (Phi) is 6.32. The molecular weight excluding hydrogens is 406 g/mol. The molecule has 0 aliphatic heterocycles. The minimum atomic E-state index is -0.352. The van der Waals surface area contributed by atoms with Gasteiger partial charge < -0.3 is 9.84 Å². The molecule has 0 aromatic heterocycles. The quantitative estimate of drug-likeness (QED) is 0.320. The molecule has 0 aliphatic rings. The summed E-state index contributed by atoms with van der Waals surface area (Å²) in [6, 6.07) is 30.2. The highest BCUT2D eigenvalue weighted by Crippen LogP contribution is 2.40. The van der Waals surface area contributed by atoms with Crippen molar-refractivity contribution in [2.75, 3.05) is 7.11 Å². The summed E-state index contributed by atoms with van der Waals surface area (Å²) in [5, 5.41) is 11.2. The van der Waals surface area contributed by atoms with Gasteiger partial charge in [0.2, 0.25) is 0 Å². The minimum Gasteiger partial charge on any atom is -0.507 e. The highest BCUT2D eigenvalue weighted by molar-refractivity contribution is 5.90. The van der Waals surface area contributed by atoms with Crippen molar-refractivity contribution in [3.63, 3.8) is 0 Å². The first-order valence-electron chi connectivity index (χ1n) is 11.1. The molecule has 0 atom stereocenters. The second-order valence-electron chi connectivity index (χ2n) is 8.72. The van der Waals surface area contributed by atoms with Gasteiger partial charge in [0.1, 0.15) is 11.5 Å². The van der Waals surface area contributed by atoms with Crippen molar-refractivity contribution in [1.82, 2.24) is 0 Å². The maximum absolute atomic E-state index is 11.2. The molecule has 3 nitrogen and oxygen atoms in total. The van der Waals surface area contributed by atoms with Gasteiger partial charge in [-0.15, -0.1) is 0 Å². The summed E-state index contributed by atoms with van der Waals surface area (Å²) in [7, 11) is 1.67. The Morgan fingerprint density at radius 3 is 2.18 bits per heavy atom. The molecule has 0 unspecified atom stereocenters. The SMILES string of the molecule is COc1ccccc1-c1ccccc1/N=C/c1cc(C)cc(C(C)(C)c2ccccc2)c1O. The maximum Gasteiger partial charge on any atom is 0.128 e. The smallest absolute Gasteiger partial charge is 0.128 e. The third-order valence-corrected chi connectivity index (χ3v) is 6.10. The molecule has 0 radical (unpaired) electrons. The van der Waals surface area contributed by atoms with E-state index in [0.717, 1.165) is 39.3 Å². The van der Waals surface area contributed by atoms with Crippen molar-refractivity contribution in [3.8, 4) is 22.6 Å². The summed E-state index contributed by atoms with van der Waals surface area (Å²) in [5.41, 5.74) is 6.22. The molecule has 4 aromatic rings. The van der Waals surface area contributed by atoms with Crippen molar-refractivity contribution < 1.29 is 9.84 Å². The standard InChI is InChI=1S/C30H29NO2/c1-21-18-22(29(32)26(19-21)30(2,3)23-12-6-5-7-13-23)20-31-27-16-10-8-14-24(27)25-15-9-11-17-28(25)33-4/h5-20,32H,1-4H3/b31-20+. The van der Waals surface area contributed by atoms with Gasteiger partial charge in [-0.05, 0) is 36.2 Å². The molecule has 0 fully saturated rings. The lowest BCUT2D eigenvalue weighted by Crippen LogP contribution is -2.19. The van der Waals surface area contributed by atoms with Crippen LogP contribution in [0.2, 0.25) is 0 Å². The summed E-state index contributed by atoms with van der Waals surface area (Å²) in [6.07, 6.45) is 1.75. The van der Waals surface area contributed by atoms with Crippen LogP contribution >= 0.6 is 0 Å². The van der Waals surface area contributed by atoms with Crippen molar-refractivity contribution in [2.24, 2.45) is 4.99 Å². The Hall–Kier alpha value is -3.85. The number of para-hydroxylation sites is 2. The normalized spacial score (nSPS) is 11.6. The Balaban J connectivity index is 1.77. The lowest BCUT2D eigenvalue weighted by atomic mass is 9.76. The van der Waals surface area contributed by atoms with Crippen molar-refractivity contribution in [2.45, 2.75) is 26.2 Å². The predicted molar refractivity (Wildman–Crippen MR) is 137 cm³/mol. The molecule has 4 rings (SSSR count). The molecular formula is C30H29NO2. The number of ether oxygens (including phenoxy) is 1. The fraction of sp³-hybridized carbons (Fsp3) is 0.167. The number of nitrogens with zero attached hydrogens (tertiary/aromatic N) is 1. The van der Waals surface area contributed by atoms with E-state index in [1.54, 1.807) is 13.3 Å². The van der Waals surface area contributed by atoms with E-state index < -0.39 is 0 Å². The molecule has 4 aromatic carbocycles. The largest absolute Gasteiger partial charge is 0.507 e. The van der Waals surface area contributed by atoms with Gasteiger partial charge in [0.15, 0.2) is 0 Å². The van der Waals surface area contributed by atoms with E-state index in [1.807, 2.05) is 79.7 Å². The fourth-order valence-electron chi connectivity index (χ4n) is 4.21.